The number of aromatic carboxylic acids is 1. The Morgan fingerprint density at radius 2 is 2.05 bits per heavy atom. The van der Waals surface area contributed by atoms with Crippen LogP contribution in [0, 0.1) is 0 Å². The van der Waals surface area contributed by atoms with Crippen LogP contribution in [0.5, 0.6) is 0 Å². The van der Waals surface area contributed by atoms with Gasteiger partial charge in [-0.1, -0.05) is 6.07 Å². The van der Waals surface area contributed by atoms with Gasteiger partial charge in [0.25, 0.3) is 0 Å². The van der Waals surface area contributed by atoms with E-state index in [1.807, 2.05) is 0 Å². The summed E-state index contributed by atoms with van der Waals surface area (Å²) in [5.41, 5.74) is -0.0329. The third-order valence-electron chi connectivity index (χ3n) is 3.36. The number of hydrogen-bond donors (Lipinski definition) is 4. The first kappa shape index (κ1) is 16.2. The van der Waals surface area contributed by atoms with E-state index in [1.165, 1.54) is 18.2 Å². The summed E-state index contributed by atoms with van der Waals surface area (Å²) in [6.45, 7) is 0.538. The third kappa shape index (κ3) is 3.33. The van der Waals surface area contributed by atoms with Crippen LogP contribution in [-0.4, -0.2) is 41.0 Å². The highest BCUT2D eigenvalue weighted by molar-refractivity contribution is 5.87. The average Bonchev–Trinajstić information content (AvgIpc) is 2.51. The van der Waals surface area contributed by atoms with Crippen LogP contribution in [0.2, 0.25) is 0 Å². The van der Waals surface area contributed by atoms with Gasteiger partial charge in [0.1, 0.15) is 11.7 Å². The molecule has 1 heterocycles. The molecule has 0 fully saturated rings. The van der Waals surface area contributed by atoms with Gasteiger partial charge in [-0.05, 0) is 37.7 Å². The quantitative estimate of drug-likeness (QED) is 0.613. The van der Waals surface area contributed by atoms with Gasteiger partial charge >= 0.3 is 5.97 Å². The lowest BCUT2D eigenvalue weighted by Gasteiger charge is -2.18. The van der Waals surface area contributed by atoms with Crippen LogP contribution in [0.4, 0.5) is 0 Å². The maximum Gasteiger partial charge on any atom is 0.371 e. The first-order valence-electron chi connectivity index (χ1n) is 6.76. The van der Waals surface area contributed by atoms with E-state index in [0.29, 0.717) is 18.5 Å². The summed E-state index contributed by atoms with van der Waals surface area (Å²) in [7, 11) is 1.74. The lowest BCUT2D eigenvalue weighted by atomic mass is 10.0. The SMILES string of the molecule is CNCCC(O)C(O)c1ccc2oc(C(=O)O)cc(=O)c2c1. The number of carboxylic acids is 1. The highest BCUT2D eigenvalue weighted by atomic mass is 16.4. The number of rotatable bonds is 6. The Labute approximate surface area is 125 Å². The van der Waals surface area contributed by atoms with Gasteiger partial charge in [-0.15, -0.1) is 0 Å². The zero-order chi connectivity index (χ0) is 16.3. The Morgan fingerprint density at radius 1 is 1.32 bits per heavy atom. The monoisotopic (exact) mass is 307 g/mol. The zero-order valence-corrected chi connectivity index (χ0v) is 11.9. The van der Waals surface area contributed by atoms with Crippen LogP contribution in [0.25, 0.3) is 11.0 Å². The van der Waals surface area contributed by atoms with Crippen molar-refractivity contribution in [3.63, 3.8) is 0 Å². The van der Waals surface area contributed by atoms with E-state index in [1.54, 1.807) is 7.05 Å². The Balaban J connectivity index is 2.38. The van der Waals surface area contributed by atoms with E-state index in [9.17, 15) is 19.8 Å². The molecule has 0 saturated heterocycles. The maximum atomic E-state index is 11.9. The minimum absolute atomic E-state index is 0.116. The van der Waals surface area contributed by atoms with Gasteiger partial charge in [0.2, 0.25) is 5.76 Å². The van der Waals surface area contributed by atoms with Gasteiger partial charge < -0.3 is 25.1 Å². The molecule has 2 aromatic rings. The van der Waals surface area contributed by atoms with Crippen molar-refractivity contribution in [3.8, 4) is 0 Å². The number of carbonyl (C=O) groups is 1. The van der Waals surface area contributed by atoms with Gasteiger partial charge in [0.15, 0.2) is 5.43 Å². The first-order valence-corrected chi connectivity index (χ1v) is 6.76. The van der Waals surface area contributed by atoms with Crippen molar-refractivity contribution < 1.29 is 24.5 Å². The maximum absolute atomic E-state index is 11.9. The van der Waals surface area contributed by atoms with Crippen LogP contribution < -0.4 is 10.7 Å². The van der Waals surface area contributed by atoms with Gasteiger partial charge in [0.05, 0.1) is 11.5 Å². The molecule has 1 aromatic carbocycles. The van der Waals surface area contributed by atoms with Crippen LogP contribution in [-0.2, 0) is 0 Å². The Morgan fingerprint density at radius 3 is 2.68 bits per heavy atom. The zero-order valence-electron chi connectivity index (χ0n) is 11.9. The summed E-state index contributed by atoms with van der Waals surface area (Å²) in [4.78, 5) is 22.8. The molecule has 0 aliphatic carbocycles. The van der Waals surface area contributed by atoms with Gasteiger partial charge in [-0.2, -0.15) is 0 Å². The summed E-state index contributed by atoms with van der Waals surface area (Å²) in [5.74, 6) is -1.77. The molecule has 4 N–H and O–H groups in total. The van der Waals surface area contributed by atoms with Crippen LogP contribution in [0.15, 0.2) is 33.5 Å². The summed E-state index contributed by atoms with van der Waals surface area (Å²) < 4.78 is 5.11. The summed E-state index contributed by atoms with van der Waals surface area (Å²) in [5, 5.41) is 31.9. The molecule has 7 heteroatoms. The Bertz CT molecular complexity index is 738. The molecule has 2 atom stereocenters. The number of aliphatic hydroxyl groups is 2. The fraction of sp³-hybridized carbons (Fsp3) is 0.333. The Kier molecular flexibility index (Phi) is 4.92. The molecule has 0 saturated carbocycles. The van der Waals surface area contributed by atoms with E-state index in [2.05, 4.69) is 5.32 Å². The molecule has 0 aliphatic heterocycles. The molecule has 7 nitrogen and oxygen atoms in total. The summed E-state index contributed by atoms with van der Waals surface area (Å²) in [6, 6.07) is 5.19. The van der Waals surface area contributed by atoms with Gasteiger partial charge in [0, 0.05) is 6.07 Å². The van der Waals surface area contributed by atoms with Crippen molar-refractivity contribution in [2.45, 2.75) is 18.6 Å². The molecule has 22 heavy (non-hydrogen) atoms. The van der Waals surface area contributed by atoms with Crippen molar-refractivity contribution in [1.29, 1.82) is 0 Å². The summed E-state index contributed by atoms with van der Waals surface area (Å²) in [6.07, 6.45) is -1.77. The predicted molar refractivity (Wildman–Crippen MR) is 79.0 cm³/mol. The predicted octanol–water partition coefficient (Wildman–Crippen LogP) is 0.495. The highest BCUT2D eigenvalue weighted by Gasteiger charge is 2.19. The molecule has 118 valence electrons. The number of hydrogen-bond acceptors (Lipinski definition) is 6. The molecule has 0 aliphatic rings. The normalized spacial score (nSPS) is 14.0. The third-order valence-corrected chi connectivity index (χ3v) is 3.36. The molecule has 1 aromatic heterocycles. The number of carboxylic acid groups (broad SMARTS) is 1. The number of benzene rings is 1. The molecule has 0 bridgehead atoms. The molecule has 2 rings (SSSR count). The first-order chi connectivity index (χ1) is 10.4. The fourth-order valence-electron chi connectivity index (χ4n) is 2.14. The lowest BCUT2D eigenvalue weighted by molar-refractivity contribution is 0.0141. The topological polar surface area (TPSA) is 120 Å². The molecular formula is C15H17NO6. The molecule has 2 unspecified atom stereocenters. The van der Waals surface area contributed by atoms with Crippen molar-refractivity contribution >= 4 is 16.9 Å². The minimum Gasteiger partial charge on any atom is -0.475 e. The van der Waals surface area contributed by atoms with Crippen molar-refractivity contribution in [3.05, 3.63) is 45.8 Å². The van der Waals surface area contributed by atoms with Crippen LogP contribution >= 0.6 is 0 Å². The largest absolute Gasteiger partial charge is 0.475 e. The van der Waals surface area contributed by atoms with Crippen LogP contribution in [0.3, 0.4) is 0 Å². The minimum atomic E-state index is -1.33. The Hall–Kier alpha value is -2.22. The molecule has 0 radical (unpaired) electrons. The van der Waals surface area contributed by atoms with E-state index >= 15 is 0 Å². The van der Waals surface area contributed by atoms with E-state index < -0.39 is 29.4 Å². The molecule has 0 amide bonds. The van der Waals surface area contributed by atoms with Crippen molar-refractivity contribution in [2.75, 3.05) is 13.6 Å². The van der Waals surface area contributed by atoms with Crippen molar-refractivity contribution in [2.24, 2.45) is 0 Å². The lowest BCUT2D eigenvalue weighted by Crippen LogP contribution is -2.23. The number of fused-ring (bicyclic) bond motifs is 1. The standard InChI is InChI=1S/C15H17NO6/c1-16-5-4-10(17)14(19)8-2-3-12-9(6-8)11(18)7-13(22-12)15(20)21/h2-3,6-7,10,14,16-17,19H,4-5H2,1H3,(H,20,21). The highest BCUT2D eigenvalue weighted by Crippen LogP contribution is 2.22. The van der Waals surface area contributed by atoms with E-state index in [0.717, 1.165) is 6.07 Å². The van der Waals surface area contributed by atoms with E-state index in [-0.39, 0.29) is 11.0 Å². The van der Waals surface area contributed by atoms with Crippen molar-refractivity contribution in [1.82, 2.24) is 5.32 Å². The van der Waals surface area contributed by atoms with Gasteiger partial charge in [-0.3, -0.25) is 4.79 Å². The van der Waals surface area contributed by atoms with E-state index in [4.69, 9.17) is 9.52 Å². The second-order valence-corrected chi connectivity index (χ2v) is 4.94. The fourth-order valence-corrected chi connectivity index (χ4v) is 2.14. The molecular weight excluding hydrogens is 290 g/mol. The number of aliphatic hydroxyl groups excluding tert-OH is 2. The number of nitrogens with one attached hydrogen (secondary N) is 1. The second kappa shape index (κ2) is 6.69. The smallest absolute Gasteiger partial charge is 0.371 e. The van der Waals surface area contributed by atoms with Crippen LogP contribution in [0.1, 0.15) is 28.6 Å². The second-order valence-electron chi connectivity index (χ2n) is 4.94. The summed E-state index contributed by atoms with van der Waals surface area (Å²) >= 11 is 0. The molecule has 0 spiro atoms. The average molecular weight is 307 g/mol. The van der Waals surface area contributed by atoms with Gasteiger partial charge in [-0.25, -0.2) is 4.79 Å².